The van der Waals surface area contributed by atoms with Crippen molar-refractivity contribution in [2.75, 3.05) is 6.54 Å². The highest BCUT2D eigenvalue weighted by Gasteiger charge is 2.53. The first-order valence-electron chi connectivity index (χ1n) is 13.8. The molecule has 1 saturated carbocycles. The summed E-state index contributed by atoms with van der Waals surface area (Å²) in [6, 6.07) is 4.24. The van der Waals surface area contributed by atoms with Crippen molar-refractivity contribution in [3.05, 3.63) is 40.5 Å². The predicted molar refractivity (Wildman–Crippen MR) is 153 cm³/mol. The van der Waals surface area contributed by atoms with Gasteiger partial charge in [0.25, 0.3) is 5.91 Å². The smallest absolute Gasteiger partial charge is 0.258 e. The second kappa shape index (κ2) is 10.9. The Labute approximate surface area is 239 Å². The number of hydrogen-bond donors (Lipinski definition) is 3. The summed E-state index contributed by atoms with van der Waals surface area (Å²) < 4.78 is 14.4. The van der Waals surface area contributed by atoms with Crippen LogP contribution in [0.4, 0.5) is 4.39 Å². The standard InChI is InChI=1S/C30H41FN4O4S/c1-17-23(40-16-33-17)18-8-9-19(21(12-18)28(2,3)4)14-32-25(37)22-13-20(36)15-35(22)26(38)24(29(5,6)7)34-27(39)30(31)10-11-30/h8-9,12,16,20,22,24,36H,10-11,13-15H2,1-7H3,(H,32,37)(H,34,39)/t20-,22+,24-/m1/s1. The maximum atomic E-state index is 14.4. The van der Waals surface area contributed by atoms with Crippen molar-refractivity contribution in [2.24, 2.45) is 5.41 Å². The summed E-state index contributed by atoms with van der Waals surface area (Å²) in [4.78, 5) is 46.4. The Balaban J connectivity index is 1.51. The first-order chi connectivity index (χ1) is 18.5. The fourth-order valence-electron chi connectivity index (χ4n) is 5.17. The number of aliphatic hydroxyl groups excluding tert-OH is 1. The molecule has 0 unspecified atom stereocenters. The van der Waals surface area contributed by atoms with Gasteiger partial charge in [-0.05, 0) is 53.4 Å². The molecule has 8 nitrogen and oxygen atoms in total. The van der Waals surface area contributed by atoms with Crippen LogP contribution in [-0.4, -0.2) is 63.1 Å². The summed E-state index contributed by atoms with van der Waals surface area (Å²) in [6.07, 6.45) is -0.512. The monoisotopic (exact) mass is 572 g/mol. The number of carbonyl (C=O) groups is 3. The van der Waals surface area contributed by atoms with E-state index >= 15 is 0 Å². The molecule has 1 saturated heterocycles. The van der Waals surface area contributed by atoms with Crippen molar-refractivity contribution in [2.45, 2.75) is 104 Å². The molecule has 2 aliphatic rings. The number of rotatable bonds is 7. The van der Waals surface area contributed by atoms with Crippen LogP contribution in [0.5, 0.6) is 0 Å². The maximum absolute atomic E-state index is 14.4. The summed E-state index contributed by atoms with van der Waals surface area (Å²) in [5.74, 6) is -1.68. The van der Waals surface area contributed by atoms with Gasteiger partial charge in [0.15, 0.2) is 5.67 Å². The normalized spacial score (nSPS) is 21.2. The molecule has 2 heterocycles. The van der Waals surface area contributed by atoms with Crippen molar-refractivity contribution < 1.29 is 23.9 Å². The molecule has 1 aliphatic heterocycles. The molecule has 3 atom stereocenters. The largest absolute Gasteiger partial charge is 0.391 e. The first kappa shape index (κ1) is 30.1. The fourth-order valence-corrected chi connectivity index (χ4v) is 5.97. The Morgan fingerprint density at radius 3 is 2.42 bits per heavy atom. The van der Waals surface area contributed by atoms with E-state index in [4.69, 9.17) is 0 Å². The minimum absolute atomic E-state index is 0.0315. The number of hydrogen-bond acceptors (Lipinski definition) is 6. The van der Waals surface area contributed by atoms with Crippen LogP contribution in [0.3, 0.4) is 0 Å². The van der Waals surface area contributed by atoms with Crippen molar-refractivity contribution in [1.82, 2.24) is 20.5 Å². The minimum Gasteiger partial charge on any atom is -0.391 e. The number of amides is 3. The van der Waals surface area contributed by atoms with Gasteiger partial charge in [0.2, 0.25) is 11.8 Å². The van der Waals surface area contributed by atoms with Crippen molar-refractivity contribution >= 4 is 29.1 Å². The highest BCUT2D eigenvalue weighted by atomic mass is 32.1. The van der Waals surface area contributed by atoms with Gasteiger partial charge in [0.1, 0.15) is 12.1 Å². The molecule has 0 radical (unpaired) electrons. The molecular weight excluding hydrogens is 531 g/mol. The third-order valence-corrected chi connectivity index (χ3v) is 8.71. The molecule has 40 heavy (non-hydrogen) atoms. The molecule has 0 spiro atoms. The number of nitrogens with one attached hydrogen (secondary N) is 2. The van der Waals surface area contributed by atoms with E-state index in [1.165, 1.54) is 4.90 Å². The number of thiazole rings is 1. The van der Waals surface area contributed by atoms with Crippen molar-refractivity contribution in [3.8, 4) is 10.4 Å². The third kappa shape index (κ3) is 6.38. The van der Waals surface area contributed by atoms with Crippen LogP contribution in [0, 0.1) is 12.3 Å². The molecule has 1 aliphatic carbocycles. The predicted octanol–water partition coefficient (Wildman–Crippen LogP) is 4.03. The zero-order valence-corrected chi connectivity index (χ0v) is 25.2. The van der Waals surface area contributed by atoms with Gasteiger partial charge in [-0.2, -0.15) is 0 Å². The topological polar surface area (TPSA) is 112 Å². The number of alkyl halides is 1. The van der Waals surface area contributed by atoms with Crippen molar-refractivity contribution in [1.29, 1.82) is 0 Å². The van der Waals surface area contributed by atoms with E-state index in [1.54, 1.807) is 32.1 Å². The number of nitrogens with zero attached hydrogens (tertiary/aromatic N) is 2. The zero-order valence-electron chi connectivity index (χ0n) is 24.4. The molecule has 4 rings (SSSR count). The van der Waals surface area contributed by atoms with Gasteiger partial charge in [-0.1, -0.05) is 53.7 Å². The number of benzene rings is 1. The molecule has 1 aromatic carbocycles. The number of aromatic nitrogens is 1. The number of aryl methyl sites for hydroxylation is 1. The van der Waals surface area contributed by atoms with E-state index in [1.807, 2.05) is 24.6 Å². The second-order valence-corrected chi connectivity index (χ2v) is 14.1. The summed E-state index contributed by atoms with van der Waals surface area (Å²) in [6.45, 7) is 13.9. The Morgan fingerprint density at radius 1 is 1.20 bits per heavy atom. The number of aliphatic hydroxyl groups is 1. The molecule has 3 amide bonds. The molecule has 2 aromatic rings. The van der Waals surface area contributed by atoms with Crippen LogP contribution in [0.1, 0.15) is 77.6 Å². The summed E-state index contributed by atoms with van der Waals surface area (Å²) in [5.41, 5.74) is 3.08. The van der Waals surface area contributed by atoms with Gasteiger partial charge in [-0.15, -0.1) is 11.3 Å². The van der Waals surface area contributed by atoms with E-state index < -0.39 is 41.1 Å². The lowest BCUT2D eigenvalue weighted by atomic mass is 9.82. The van der Waals surface area contributed by atoms with Crippen LogP contribution < -0.4 is 10.6 Å². The van der Waals surface area contributed by atoms with Gasteiger partial charge in [0, 0.05) is 19.5 Å². The van der Waals surface area contributed by atoms with Gasteiger partial charge in [-0.3, -0.25) is 14.4 Å². The van der Waals surface area contributed by atoms with E-state index in [2.05, 4.69) is 42.5 Å². The van der Waals surface area contributed by atoms with Crippen LogP contribution in [0.2, 0.25) is 0 Å². The lowest BCUT2D eigenvalue weighted by Crippen LogP contribution is -2.59. The number of carbonyl (C=O) groups excluding carboxylic acids is 3. The summed E-state index contributed by atoms with van der Waals surface area (Å²) >= 11 is 1.59. The molecule has 218 valence electrons. The highest BCUT2D eigenvalue weighted by Crippen LogP contribution is 2.40. The molecular formula is C30H41FN4O4S. The Kier molecular flexibility index (Phi) is 8.17. The average molecular weight is 573 g/mol. The molecule has 10 heteroatoms. The highest BCUT2D eigenvalue weighted by molar-refractivity contribution is 7.13. The van der Waals surface area contributed by atoms with E-state index in [-0.39, 0.29) is 43.7 Å². The van der Waals surface area contributed by atoms with E-state index in [0.717, 1.165) is 27.3 Å². The Bertz CT molecular complexity index is 1290. The quantitative estimate of drug-likeness (QED) is 0.464. The average Bonchev–Trinajstić information content (AvgIpc) is 3.27. The molecule has 0 bridgehead atoms. The minimum atomic E-state index is -1.93. The maximum Gasteiger partial charge on any atom is 0.258 e. The third-order valence-electron chi connectivity index (χ3n) is 7.73. The lowest BCUT2D eigenvalue weighted by Gasteiger charge is -2.35. The van der Waals surface area contributed by atoms with Crippen LogP contribution >= 0.6 is 11.3 Å². The number of likely N-dealkylation sites (tertiary alicyclic amines) is 1. The van der Waals surface area contributed by atoms with Gasteiger partial charge >= 0.3 is 0 Å². The Morgan fingerprint density at radius 2 is 1.88 bits per heavy atom. The molecule has 2 fully saturated rings. The van der Waals surface area contributed by atoms with E-state index in [9.17, 15) is 23.9 Å². The molecule has 1 aromatic heterocycles. The SMILES string of the molecule is Cc1ncsc1-c1ccc(CNC(=O)[C@@H]2C[C@@H](O)CN2C(=O)[C@@H](NC(=O)C2(F)CC2)C(C)(C)C)c(C(C)(C)C)c1. The lowest BCUT2D eigenvalue weighted by molar-refractivity contribution is -0.145. The second-order valence-electron chi connectivity index (χ2n) is 13.2. The Hall–Kier alpha value is -2.85. The van der Waals surface area contributed by atoms with E-state index in [0.29, 0.717) is 0 Å². The summed E-state index contributed by atoms with van der Waals surface area (Å²) in [7, 11) is 0. The van der Waals surface area contributed by atoms with Gasteiger partial charge in [-0.25, -0.2) is 9.37 Å². The van der Waals surface area contributed by atoms with Crippen LogP contribution in [0.15, 0.2) is 23.7 Å². The fraction of sp³-hybridized carbons (Fsp3) is 0.600. The zero-order chi connectivity index (χ0) is 29.6. The first-order valence-corrected chi connectivity index (χ1v) is 14.7. The number of halogens is 1. The van der Waals surface area contributed by atoms with Crippen LogP contribution in [0.25, 0.3) is 10.4 Å². The van der Waals surface area contributed by atoms with Gasteiger partial charge < -0.3 is 20.6 Å². The van der Waals surface area contributed by atoms with Gasteiger partial charge in [0.05, 0.1) is 22.2 Å². The van der Waals surface area contributed by atoms with Crippen LogP contribution in [-0.2, 0) is 26.3 Å². The van der Waals surface area contributed by atoms with Crippen molar-refractivity contribution in [3.63, 3.8) is 0 Å². The summed E-state index contributed by atoms with van der Waals surface area (Å²) in [5, 5.41) is 16.0. The number of β-amino-alcohol motifs (C(OH)–C–C–N with tert-alkyl or cyclic N) is 1. The molecule has 3 N–H and O–H groups in total.